The van der Waals surface area contributed by atoms with E-state index in [2.05, 4.69) is 22.3 Å². The predicted octanol–water partition coefficient (Wildman–Crippen LogP) is 3.82. The average Bonchev–Trinajstić information content (AvgIpc) is 3.16. The number of amides is 2. The molecule has 0 spiro atoms. The summed E-state index contributed by atoms with van der Waals surface area (Å²) in [5, 5.41) is 2.98. The molecular weight excluding hydrogens is 366 g/mol. The van der Waals surface area contributed by atoms with Crippen molar-refractivity contribution in [3.8, 4) is 5.75 Å². The van der Waals surface area contributed by atoms with Crippen LogP contribution in [0.1, 0.15) is 32.1 Å². The first-order chi connectivity index (χ1) is 14.2. The van der Waals surface area contributed by atoms with E-state index in [1.165, 1.54) is 24.9 Å². The Morgan fingerprint density at radius 1 is 0.966 bits per heavy atom. The first-order valence-corrected chi connectivity index (χ1v) is 10.3. The summed E-state index contributed by atoms with van der Waals surface area (Å²) >= 11 is 0. The highest BCUT2D eigenvalue weighted by Crippen LogP contribution is 2.29. The van der Waals surface area contributed by atoms with Crippen molar-refractivity contribution in [2.45, 2.75) is 38.1 Å². The lowest BCUT2D eigenvalue weighted by Gasteiger charge is -2.29. The van der Waals surface area contributed by atoms with Crippen molar-refractivity contribution in [3.05, 3.63) is 48.5 Å². The van der Waals surface area contributed by atoms with Gasteiger partial charge in [-0.15, -0.1) is 0 Å². The van der Waals surface area contributed by atoms with Crippen LogP contribution in [0.5, 0.6) is 5.75 Å². The number of carbonyl (C=O) groups is 2. The highest BCUT2D eigenvalue weighted by atomic mass is 16.5. The zero-order valence-electron chi connectivity index (χ0n) is 16.8. The fraction of sp³-hybridized carbons (Fsp3) is 0.391. The predicted molar refractivity (Wildman–Crippen MR) is 115 cm³/mol. The molecule has 1 atom stereocenters. The minimum absolute atomic E-state index is 0.0317. The van der Waals surface area contributed by atoms with Gasteiger partial charge in [-0.3, -0.25) is 14.5 Å². The number of benzene rings is 2. The molecule has 0 bridgehead atoms. The number of hydrogen-bond donors (Lipinski definition) is 1. The molecule has 2 saturated heterocycles. The van der Waals surface area contributed by atoms with E-state index in [9.17, 15) is 9.59 Å². The molecule has 2 heterocycles. The number of piperidine rings is 1. The summed E-state index contributed by atoms with van der Waals surface area (Å²) in [7, 11) is 1.60. The van der Waals surface area contributed by atoms with Crippen LogP contribution in [-0.2, 0) is 9.59 Å². The highest BCUT2D eigenvalue weighted by Gasteiger charge is 2.37. The van der Waals surface area contributed by atoms with Gasteiger partial charge in [0.2, 0.25) is 11.8 Å². The second kappa shape index (κ2) is 8.55. The number of nitrogens with one attached hydrogen (secondary N) is 1. The SMILES string of the molecule is COc1ccc(N2C(=O)CCC2C(=O)Nc2ccc(N3CCCCC3)cc2)cc1. The van der Waals surface area contributed by atoms with E-state index in [1.807, 2.05) is 24.3 Å². The topological polar surface area (TPSA) is 61.9 Å². The second-order valence-electron chi connectivity index (χ2n) is 7.60. The van der Waals surface area contributed by atoms with E-state index in [0.717, 1.165) is 24.5 Å². The van der Waals surface area contributed by atoms with Crippen LogP contribution < -0.4 is 19.9 Å². The minimum atomic E-state index is -0.502. The number of rotatable bonds is 5. The van der Waals surface area contributed by atoms with Gasteiger partial charge in [0.05, 0.1) is 7.11 Å². The normalized spacial score (nSPS) is 19.3. The number of carbonyl (C=O) groups excluding carboxylic acids is 2. The summed E-state index contributed by atoms with van der Waals surface area (Å²) in [6.07, 6.45) is 4.65. The quantitative estimate of drug-likeness (QED) is 0.839. The van der Waals surface area contributed by atoms with Gasteiger partial charge in [-0.2, -0.15) is 0 Å². The van der Waals surface area contributed by atoms with Crippen LogP contribution in [0.4, 0.5) is 17.1 Å². The molecule has 4 rings (SSSR count). The maximum Gasteiger partial charge on any atom is 0.247 e. The van der Waals surface area contributed by atoms with Gasteiger partial charge in [-0.05, 0) is 74.2 Å². The molecular formula is C23H27N3O3. The van der Waals surface area contributed by atoms with Crippen molar-refractivity contribution < 1.29 is 14.3 Å². The van der Waals surface area contributed by atoms with Gasteiger partial charge < -0.3 is 15.0 Å². The van der Waals surface area contributed by atoms with Crippen molar-refractivity contribution in [1.82, 2.24) is 0 Å². The molecule has 2 amide bonds. The maximum atomic E-state index is 12.9. The van der Waals surface area contributed by atoms with Gasteiger partial charge in [-0.25, -0.2) is 0 Å². The molecule has 2 fully saturated rings. The van der Waals surface area contributed by atoms with Gasteiger partial charge >= 0.3 is 0 Å². The second-order valence-corrected chi connectivity index (χ2v) is 7.60. The van der Waals surface area contributed by atoms with Crippen LogP contribution in [-0.4, -0.2) is 38.1 Å². The van der Waals surface area contributed by atoms with E-state index < -0.39 is 6.04 Å². The molecule has 0 radical (unpaired) electrons. The molecule has 1 N–H and O–H groups in total. The van der Waals surface area contributed by atoms with Crippen molar-refractivity contribution in [3.63, 3.8) is 0 Å². The largest absolute Gasteiger partial charge is 0.497 e. The lowest BCUT2D eigenvalue weighted by atomic mass is 10.1. The molecule has 6 nitrogen and oxygen atoms in total. The van der Waals surface area contributed by atoms with Crippen molar-refractivity contribution in [1.29, 1.82) is 0 Å². The zero-order chi connectivity index (χ0) is 20.2. The van der Waals surface area contributed by atoms with Crippen LogP contribution in [0.25, 0.3) is 0 Å². The first-order valence-electron chi connectivity index (χ1n) is 10.3. The van der Waals surface area contributed by atoms with Gasteiger partial charge in [0.1, 0.15) is 11.8 Å². The monoisotopic (exact) mass is 393 g/mol. The fourth-order valence-electron chi connectivity index (χ4n) is 4.13. The fourth-order valence-corrected chi connectivity index (χ4v) is 4.13. The van der Waals surface area contributed by atoms with E-state index in [-0.39, 0.29) is 11.8 Å². The highest BCUT2D eigenvalue weighted by molar-refractivity contribution is 6.07. The van der Waals surface area contributed by atoms with Crippen LogP contribution >= 0.6 is 0 Å². The van der Waals surface area contributed by atoms with E-state index >= 15 is 0 Å². The smallest absolute Gasteiger partial charge is 0.247 e. The van der Waals surface area contributed by atoms with Crippen molar-refractivity contribution >= 4 is 28.9 Å². The van der Waals surface area contributed by atoms with E-state index in [1.54, 1.807) is 24.1 Å². The third kappa shape index (κ3) is 4.21. The molecule has 2 aromatic rings. The Morgan fingerprint density at radius 3 is 2.28 bits per heavy atom. The van der Waals surface area contributed by atoms with E-state index in [0.29, 0.717) is 18.5 Å². The van der Waals surface area contributed by atoms with Gasteiger partial charge in [0, 0.05) is 36.6 Å². The number of nitrogens with zero attached hydrogens (tertiary/aromatic N) is 2. The summed E-state index contributed by atoms with van der Waals surface area (Å²) < 4.78 is 5.18. The summed E-state index contributed by atoms with van der Waals surface area (Å²) in [5.74, 6) is 0.531. The van der Waals surface area contributed by atoms with Gasteiger partial charge in [0.25, 0.3) is 0 Å². The Balaban J connectivity index is 1.44. The average molecular weight is 393 g/mol. The number of ether oxygens (including phenoxy) is 1. The minimum Gasteiger partial charge on any atom is -0.497 e. The summed E-state index contributed by atoms with van der Waals surface area (Å²) in [6, 6.07) is 14.7. The van der Waals surface area contributed by atoms with Crippen molar-refractivity contribution in [2.24, 2.45) is 0 Å². The summed E-state index contributed by atoms with van der Waals surface area (Å²) in [6.45, 7) is 2.18. The molecule has 2 aliphatic rings. The Bertz CT molecular complexity index is 858. The lowest BCUT2D eigenvalue weighted by molar-refractivity contribution is -0.120. The molecule has 0 saturated carbocycles. The van der Waals surface area contributed by atoms with Crippen LogP contribution in [0.15, 0.2) is 48.5 Å². The van der Waals surface area contributed by atoms with Crippen LogP contribution in [0.2, 0.25) is 0 Å². The molecule has 2 aromatic carbocycles. The van der Waals surface area contributed by atoms with Crippen LogP contribution in [0, 0.1) is 0 Å². The molecule has 2 aliphatic heterocycles. The lowest BCUT2D eigenvalue weighted by Crippen LogP contribution is -2.41. The molecule has 152 valence electrons. The molecule has 1 unspecified atom stereocenters. The third-order valence-corrected chi connectivity index (χ3v) is 5.72. The number of hydrogen-bond acceptors (Lipinski definition) is 4. The maximum absolute atomic E-state index is 12.9. The standard InChI is InChI=1S/C23H27N3O3/c1-29-20-11-9-19(10-12-20)26-21(13-14-22(26)27)23(28)24-17-5-7-18(8-6-17)25-15-3-2-4-16-25/h5-12,21H,2-4,13-16H2,1H3,(H,24,28). The van der Waals surface area contributed by atoms with Gasteiger partial charge in [-0.1, -0.05) is 0 Å². The zero-order valence-corrected chi connectivity index (χ0v) is 16.8. The molecule has 0 aliphatic carbocycles. The van der Waals surface area contributed by atoms with Crippen LogP contribution in [0.3, 0.4) is 0 Å². The number of methoxy groups -OCH3 is 1. The Hall–Kier alpha value is -3.02. The molecule has 0 aromatic heterocycles. The van der Waals surface area contributed by atoms with E-state index in [4.69, 9.17) is 4.74 Å². The Kier molecular flexibility index (Phi) is 5.69. The first kappa shape index (κ1) is 19.3. The summed E-state index contributed by atoms with van der Waals surface area (Å²) in [4.78, 5) is 29.3. The Morgan fingerprint density at radius 2 is 1.62 bits per heavy atom. The third-order valence-electron chi connectivity index (χ3n) is 5.72. The number of anilines is 3. The van der Waals surface area contributed by atoms with Crippen molar-refractivity contribution in [2.75, 3.05) is 35.3 Å². The molecule has 6 heteroatoms. The molecule has 29 heavy (non-hydrogen) atoms. The Labute approximate surface area is 171 Å². The summed E-state index contributed by atoms with van der Waals surface area (Å²) in [5.41, 5.74) is 2.66. The van der Waals surface area contributed by atoms with Gasteiger partial charge in [0.15, 0.2) is 0 Å².